The van der Waals surface area contributed by atoms with Gasteiger partial charge in [-0.05, 0) is 53.8 Å². The first-order valence-electron chi connectivity index (χ1n) is 7.45. The van der Waals surface area contributed by atoms with Crippen LogP contribution in [-0.2, 0) is 6.54 Å². The number of aromatic nitrogens is 1. The second-order valence-electron chi connectivity index (χ2n) is 5.40. The van der Waals surface area contributed by atoms with Gasteiger partial charge in [-0.15, -0.1) is 0 Å². The summed E-state index contributed by atoms with van der Waals surface area (Å²) in [7, 11) is 0. The summed E-state index contributed by atoms with van der Waals surface area (Å²) in [5.41, 5.74) is 7.90. The molecule has 0 spiro atoms. The minimum absolute atomic E-state index is 0.560. The van der Waals surface area contributed by atoms with Gasteiger partial charge in [0, 0.05) is 12.6 Å². The number of ether oxygens (including phenoxy) is 1. The maximum absolute atomic E-state index is 5.95. The predicted molar refractivity (Wildman–Crippen MR) is 88.0 cm³/mol. The van der Waals surface area contributed by atoms with Crippen LogP contribution in [0, 0.1) is 0 Å². The van der Waals surface area contributed by atoms with E-state index in [0.717, 1.165) is 18.8 Å². The molecule has 2 aromatic rings. The van der Waals surface area contributed by atoms with Gasteiger partial charge in [-0.3, -0.25) is 0 Å². The average Bonchev–Trinajstić information content (AvgIpc) is 3.21. The van der Waals surface area contributed by atoms with Crippen molar-refractivity contribution in [3.63, 3.8) is 0 Å². The molecule has 1 aliphatic carbocycles. The molecule has 2 heterocycles. The minimum Gasteiger partial charge on any atom is -0.476 e. The molecule has 0 bridgehead atoms. The summed E-state index contributed by atoms with van der Waals surface area (Å²) in [5.74, 6) is 1.52. The van der Waals surface area contributed by atoms with E-state index in [1.807, 2.05) is 12.1 Å². The Morgan fingerprint density at radius 2 is 2.24 bits per heavy atom. The third-order valence-electron chi connectivity index (χ3n) is 3.53. The van der Waals surface area contributed by atoms with Crippen LogP contribution >= 0.6 is 11.3 Å². The lowest BCUT2D eigenvalue weighted by atomic mass is 10.3. The number of anilines is 2. The number of nitrogens with zero attached hydrogens (tertiary/aromatic N) is 2. The van der Waals surface area contributed by atoms with Crippen molar-refractivity contribution < 1.29 is 4.74 Å². The van der Waals surface area contributed by atoms with E-state index in [1.165, 1.54) is 18.4 Å². The maximum atomic E-state index is 5.95. The summed E-state index contributed by atoms with van der Waals surface area (Å²) in [6, 6.07) is 6.67. The molecule has 0 atom stereocenters. The van der Waals surface area contributed by atoms with E-state index in [1.54, 1.807) is 11.3 Å². The highest BCUT2D eigenvalue weighted by Crippen LogP contribution is 2.34. The van der Waals surface area contributed by atoms with E-state index < -0.39 is 0 Å². The molecule has 21 heavy (non-hydrogen) atoms. The van der Waals surface area contributed by atoms with Gasteiger partial charge in [0.2, 0.25) is 5.88 Å². The SMILES string of the molecule is CCCOc1nc(N(Cc2ccsc2)C2CC2)ccc1N. The Bertz CT molecular complexity index is 581. The molecule has 1 aliphatic rings. The fraction of sp³-hybridized carbons (Fsp3) is 0.438. The van der Waals surface area contributed by atoms with Crippen LogP contribution in [-0.4, -0.2) is 17.6 Å². The first-order chi connectivity index (χ1) is 10.3. The van der Waals surface area contributed by atoms with Crippen molar-refractivity contribution in [1.82, 2.24) is 4.98 Å². The number of hydrogen-bond donors (Lipinski definition) is 1. The highest BCUT2D eigenvalue weighted by molar-refractivity contribution is 7.07. The zero-order chi connectivity index (χ0) is 14.7. The van der Waals surface area contributed by atoms with E-state index in [0.29, 0.717) is 24.2 Å². The molecular formula is C16H21N3OS. The standard InChI is InChI=1S/C16H21N3OS/c1-2-8-20-16-14(17)5-6-15(18-16)19(13-3-4-13)10-12-7-9-21-11-12/h5-7,9,11,13H,2-4,8,10,17H2,1H3. The van der Waals surface area contributed by atoms with Gasteiger partial charge in [-0.1, -0.05) is 6.92 Å². The van der Waals surface area contributed by atoms with Crippen molar-refractivity contribution >= 4 is 22.8 Å². The van der Waals surface area contributed by atoms with Crippen molar-refractivity contribution in [2.45, 2.75) is 38.8 Å². The molecule has 1 saturated carbocycles. The van der Waals surface area contributed by atoms with E-state index in [2.05, 4.69) is 33.6 Å². The summed E-state index contributed by atoms with van der Waals surface area (Å²) in [6.07, 6.45) is 3.43. The highest BCUT2D eigenvalue weighted by Gasteiger charge is 2.30. The largest absolute Gasteiger partial charge is 0.476 e. The van der Waals surface area contributed by atoms with Crippen molar-refractivity contribution in [1.29, 1.82) is 0 Å². The third kappa shape index (κ3) is 3.47. The zero-order valence-electron chi connectivity index (χ0n) is 12.3. The summed E-state index contributed by atoms with van der Waals surface area (Å²) >= 11 is 1.73. The van der Waals surface area contributed by atoms with E-state index in [-0.39, 0.29) is 0 Å². The van der Waals surface area contributed by atoms with Gasteiger partial charge in [-0.2, -0.15) is 16.3 Å². The van der Waals surface area contributed by atoms with E-state index in [4.69, 9.17) is 10.5 Å². The maximum Gasteiger partial charge on any atom is 0.239 e. The summed E-state index contributed by atoms with van der Waals surface area (Å²) in [5, 5.41) is 4.31. The average molecular weight is 303 g/mol. The second-order valence-corrected chi connectivity index (χ2v) is 6.18. The molecule has 0 aromatic carbocycles. The number of rotatable bonds is 7. The lowest BCUT2D eigenvalue weighted by molar-refractivity contribution is 0.307. The predicted octanol–water partition coefficient (Wildman–Crippen LogP) is 3.68. The third-order valence-corrected chi connectivity index (χ3v) is 4.26. The van der Waals surface area contributed by atoms with Gasteiger partial charge in [0.05, 0.1) is 12.3 Å². The number of nitrogens with two attached hydrogens (primary N) is 1. The van der Waals surface area contributed by atoms with Crippen LogP contribution in [0.3, 0.4) is 0 Å². The Morgan fingerprint density at radius 3 is 2.90 bits per heavy atom. The first kappa shape index (κ1) is 14.2. The van der Waals surface area contributed by atoms with Crippen LogP contribution in [0.15, 0.2) is 29.0 Å². The fourth-order valence-electron chi connectivity index (χ4n) is 2.28. The molecule has 2 aromatic heterocycles. The molecule has 4 nitrogen and oxygen atoms in total. The van der Waals surface area contributed by atoms with E-state index >= 15 is 0 Å². The van der Waals surface area contributed by atoms with Gasteiger partial charge in [0.25, 0.3) is 0 Å². The first-order valence-corrected chi connectivity index (χ1v) is 8.39. The zero-order valence-corrected chi connectivity index (χ0v) is 13.1. The lowest BCUT2D eigenvalue weighted by Gasteiger charge is -2.24. The number of pyridine rings is 1. The van der Waals surface area contributed by atoms with Gasteiger partial charge in [-0.25, -0.2) is 0 Å². The van der Waals surface area contributed by atoms with Crippen LogP contribution < -0.4 is 15.4 Å². The Hall–Kier alpha value is -1.75. The summed E-state index contributed by atoms with van der Waals surface area (Å²) in [6.45, 7) is 3.63. The lowest BCUT2D eigenvalue weighted by Crippen LogP contribution is -2.26. The molecule has 112 valence electrons. The molecule has 0 radical (unpaired) electrons. The number of hydrogen-bond acceptors (Lipinski definition) is 5. The number of thiophene rings is 1. The van der Waals surface area contributed by atoms with Crippen LogP contribution in [0.1, 0.15) is 31.7 Å². The van der Waals surface area contributed by atoms with Crippen LogP contribution in [0.25, 0.3) is 0 Å². The summed E-state index contributed by atoms with van der Waals surface area (Å²) in [4.78, 5) is 7.00. The molecule has 1 fully saturated rings. The molecule has 0 unspecified atom stereocenters. The normalized spacial score (nSPS) is 14.1. The quantitative estimate of drug-likeness (QED) is 0.847. The summed E-state index contributed by atoms with van der Waals surface area (Å²) < 4.78 is 5.65. The van der Waals surface area contributed by atoms with Crippen molar-refractivity contribution in [2.75, 3.05) is 17.2 Å². The van der Waals surface area contributed by atoms with Crippen molar-refractivity contribution in [2.24, 2.45) is 0 Å². The Morgan fingerprint density at radius 1 is 1.38 bits per heavy atom. The van der Waals surface area contributed by atoms with Gasteiger partial charge in [0.1, 0.15) is 5.82 Å². The fourth-order valence-corrected chi connectivity index (χ4v) is 2.94. The van der Waals surface area contributed by atoms with Gasteiger partial charge < -0.3 is 15.4 Å². The molecule has 3 rings (SSSR count). The van der Waals surface area contributed by atoms with Gasteiger partial charge >= 0.3 is 0 Å². The molecule has 2 N–H and O–H groups in total. The molecule has 0 aliphatic heterocycles. The minimum atomic E-state index is 0.560. The monoisotopic (exact) mass is 303 g/mol. The van der Waals surface area contributed by atoms with Crippen LogP contribution in [0.2, 0.25) is 0 Å². The molecule has 0 saturated heterocycles. The van der Waals surface area contributed by atoms with Crippen molar-refractivity contribution in [3.05, 3.63) is 34.5 Å². The van der Waals surface area contributed by atoms with Crippen LogP contribution in [0.4, 0.5) is 11.5 Å². The second kappa shape index (κ2) is 6.35. The van der Waals surface area contributed by atoms with Crippen LogP contribution in [0.5, 0.6) is 5.88 Å². The topological polar surface area (TPSA) is 51.4 Å². The van der Waals surface area contributed by atoms with E-state index in [9.17, 15) is 0 Å². The molecular weight excluding hydrogens is 282 g/mol. The Balaban J connectivity index is 1.81. The Kier molecular flexibility index (Phi) is 4.29. The number of nitrogen functional groups attached to an aromatic ring is 1. The molecule has 5 heteroatoms. The molecule has 0 amide bonds. The smallest absolute Gasteiger partial charge is 0.239 e. The highest BCUT2D eigenvalue weighted by atomic mass is 32.1. The van der Waals surface area contributed by atoms with Gasteiger partial charge in [0.15, 0.2) is 0 Å². The Labute approximate surface area is 129 Å². The van der Waals surface area contributed by atoms with Crippen molar-refractivity contribution in [3.8, 4) is 5.88 Å².